The Bertz CT molecular complexity index is 933. The zero-order valence-electron chi connectivity index (χ0n) is 15.8. The molecule has 154 valence electrons. The third-order valence-corrected chi connectivity index (χ3v) is 4.89. The number of nitrogens with one attached hydrogen (secondary N) is 1. The maximum Gasteiger partial charge on any atom is 0.313 e. The van der Waals surface area contributed by atoms with Crippen molar-refractivity contribution in [2.75, 3.05) is 32.8 Å². The van der Waals surface area contributed by atoms with Crippen LogP contribution in [0, 0.1) is 5.92 Å². The molecule has 2 aromatic carbocycles. The zero-order chi connectivity index (χ0) is 21.0. The Morgan fingerprint density at radius 1 is 1.14 bits per heavy atom. The van der Waals surface area contributed by atoms with Crippen LogP contribution in [-0.2, 0) is 20.7 Å². The molecule has 0 saturated carbocycles. The van der Waals surface area contributed by atoms with E-state index < -0.39 is 24.4 Å². The summed E-state index contributed by atoms with van der Waals surface area (Å²) in [5.41, 5.74) is 1.16. The molecule has 1 aliphatic rings. The second-order valence-electron chi connectivity index (χ2n) is 6.31. The molecule has 7 nitrogen and oxygen atoms in total. The fourth-order valence-electron chi connectivity index (χ4n) is 2.91. The molecular formula is C20H19Cl2NO6. The third-order valence-electron chi connectivity index (χ3n) is 4.36. The lowest BCUT2D eigenvalue weighted by molar-refractivity contribution is -0.152. The van der Waals surface area contributed by atoms with Gasteiger partial charge in [0.05, 0.1) is 30.8 Å². The molecule has 0 aliphatic carbocycles. The van der Waals surface area contributed by atoms with E-state index in [2.05, 4.69) is 5.32 Å². The first-order valence-corrected chi connectivity index (χ1v) is 9.46. The van der Waals surface area contributed by atoms with Crippen LogP contribution in [0.3, 0.4) is 0 Å². The van der Waals surface area contributed by atoms with E-state index in [1.165, 1.54) is 20.3 Å². The highest BCUT2D eigenvalue weighted by atomic mass is 35.5. The molecule has 1 atom stereocenters. The number of anilines is 1. The number of rotatable bonds is 6. The van der Waals surface area contributed by atoms with Gasteiger partial charge in [-0.25, -0.2) is 0 Å². The summed E-state index contributed by atoms with van der Waals surface area (Å²) in [4.78, 5) is 24.5. The Morgan fingerprint density at radius 2 is 1.90 bits per heavy atom. The van der Waals surface area contributed by atoms with Crippen LogP contribution in [0.1, 0.15) is 5.56 Å². The minimum atomic E-state index is -0.530. The number of methoxy groups -OCH3 is 2. The summed E-state index contributed by atoms with van der Waals surface area (Å²) in [6.45, 7) is -0.276. The van der Waals surface area contributed by atoms with Gasteiger partial charge < -0.3 is 24.3 Å². The first kappa shape index (κ1) is 21.1. The van der Waals surface area contributed by atoms with E-state index in [1.54, 1.807) is 24.3 Å². The van der Waals surface area contributed by atoms with Gasteiger partial charge >= 0.3 is 5.97 Å². The number of ether oxygens (including phenoxy) is 4. The average molecular weight is 440 g/mol. The van der Waals surface area contributed by atoms with Crippen molar-refractivity contribution in [1.82, 2.24) is 0 Å². The standard InChI is InChI=1S/C20H19Cl2NO6/c1-26-17-8-18(27-2)15(7-14(17)22)23-19(24)10-29-20(25)12-5-11-6-13(21)3-4-16(11)28-9-12/h3-4,6-8,12H,5,9-10H2,1-2H3,(H,23,24). The van der Waals surface area contributed by atoms with Crippen LogP contribution in [-0.4, -0.2) is 39.3 Å². The molecule has 0 bridgehead atoms. The topological polar surface area (TPSA) is 83.1 Å². The Kier molecular flexibility index (Phi) is 6.71. The zero-order valence-corrected chi connectivity index (χ0v) is 17.3. The molecule has 2 aromatic rings. The highest BCUT2D eigenvalue weighted by molar-refractivity contribution is 6.32. The lowest BCUT2D eigenvalue weighted by Crippen LogP contribution is -2.32. The van der Waals surface area contributed by atoms with Gasteiger partial charge in [0.1, 0.15) is 23.9 Å². The van der Waals surface area contributed by atoms with E-state index in [1.807, 2.05) is 0 Å². The molecule has 0 radical (unpaired) electrons. The van der Waals surface area contributed by atoms with E-state index in [0.717, 1.165) is 5.56 Å². The van der Waals surface area contributed by atoms with Crippen molar-refractivity contribution in [3.8, 4) is 17.2 Å². The molecule has 1 aliphatic heterocycles. The number of halogens is 2. The second kappa shape index (κ2) is 9.24. The number of benzene rings is 2. The molecule has 1 amide bonds. The quantitative estimate of drug-likeness (QED) is 0.690. The highest BCUT2D eigenvalue weighted by Gasteiger charge is 2.28. The molecule has 1 heterocycles. The molecule has 0 saturated heterocycles. The van der Waals surface area contributed by atoms with Crippen molar-refractivity contribution in [3.05, 3.63) is 45.9 Å². The molecular weight excluding hydrogens is 421 g/mol. The predicted molar refractivity (Wildman–Crippen MR) is 108 cm³/mol. The molecule has 29 heavy (non-hydrogen) atoms. The predicted octanol–water partition coefficient (Wildman–Crippen LogP) is 3.74. The van der Waals surface area contributed by atoms with Crippen molar-refractivity contribution >= 4 is 40.8 Å². The van der Waals surface area contributed by atoms with Crippen LogP contribution in [0.25, 0.3) is 0 Å². The van der Waals surface area contributed by atoms with E-state index in [0.29, 0.717) is 39.4 Å². The number of fused-ring (bicyclic) bond motifs is 1. The van der Waals surface area contributed by atoms with Crippen molar-refractivity contribution in [3.63, 3.8) is 0 Å². The van der Waals surface area contributed by atoms with Crippen LogP contribution in [0.2, 0.25) is 10.0 Å². The lowest BCUT2D eigenvalue weighted by Gasteiger charge is -2.24. The minimum absolute atomic E-state index is 0.178. The number of carbonyl (C=O) groups is 2. The maximum atomic E-state index is 12.3. The lowest BCUT2D eigenvalue weighted by atomic mass is 9.97. The monoisotopic (exact) mass is 439 g/mol. The second-order valence-corrected chi connectivity index (χ2v) is 7.15. The molecule has 9 heteroatoms. The Hall–Kier alpha value is -2.64. The highest BCUT2D eigenvalue weighted by Crippen LogP contribution is 2.36. The van der Waals surface area contributed by atoms with Gasteiger partial charge in [0.2, 0.25) is 0 Å². The van der Waals surface area contributed by atoms with Crippen molar-refractivity contribution in [1.29, 1.82) is 0 Å². The normalized spacial score (nSPS) is 15.0. The van der Waals surface area contributed by atoms with Gasteiger partial charge in [-0.1, -0.05) is 23.2 Å². The first-order valence-electron chi connectivity index (χ1n) is 8.70. The number of amides is 1. The number of hydrogen-bond donors (Lipinski definition) is 1. The third kappa shape index (κ3) is 5.05. The van der Waals surface area contributed by atoms with Crippen molar-refractivity contribution < 1.29 is 28.5 Å². The van der Waals surface area contributed by atoms with Crippen molar-refractivity contribution in [2.24, 2.45) is 5.92 Å². The summed E-state index contributed by atoms with van der Waals surface area (Å²) in [5.74, 6) is -0.104. The summed E-state index contributed by atoms with van der Waals surface area (Å²) in [6, 6.07) is 8.28. The van der Waals surface area contributed by atoms with E-state index in [9.17, 15) is 9.59 Å². The van der Waals surface area contributed by atoms with Crippen molar-refractivity contribution in [2.45, 2.75) is 6.42 Å². The van der Waals surface area contributed by atoms with Gasteiger partial charge in [-0.3, -0.25) is 9.59 Å². The van der Waals surface area contributed by atoms with E-state index >= 15 is 0 Å². The molecule has 1 unspecified atom stereocenters. The van der Waals surface area contributed by atoms with Crippen LogP contribution < -0.4 is 19.5 Å². The van der Waals surface area contributed by atoms with Crippen LogP contribution in [0.5, 0.6) is 17.2 Å². The maximum absolute atomic E-state index is 12.3. The van der Waals surface area contributed by atoms with Gasteiger partial charge in [-0.2, -0.15) is 0 Å². The van der Waals surface area contributed by atoms with Gasteiger partial charge in [0.15, 0.2) is 6.61 Å². The largest absolute Gasteiger partial charge is 0.495 e. The summed E-state index contributed by atoms with van der Waals surface area (Å²) >= 11 is 12.1. The molecule has 0 aromatic heterocycles. The Morgan fingerprint density at radius 3 is 2.62 bits per heavy atom. The van der Waals surface area contributed by atoms with Crippen LogP contribution >= 0.6 is 23.2 Å². The van der Waals surface area contributed by atoms with Crippen LogP contribution in [0.15, 0.2) is 30.3 Å². The summed E-state index contributed by atoms with van der Waals surface area (Å²) < 4.78 is 21.1. The Labute approximate surface area is 177 Å². The van der Waals surface area contributed by atoms with Crippen LogP contribution in [0.4, 0.5) is 5.69 Å². The number of carbonyl (C=O) groups excluding carboxylic acids is 2. The number of hydrogen-bond acceptors (Lipinski definition) is 6. The molecule has 0 fully saturated rings. The summed E-state index contributed by atoms with van der Waals surface area (Å²) in [7, 11) is 2.92. The fourth-order valence-corrected chi connectivity index (χ4v) is 3.35. The fraction of sp³-hybridized carbons (Fsp3) is 0.300. The van der Waals surface area contributed by atoms with E-state index in [-0.39, 0.29) is 6.61 Å². The van der Waals surface area contributed by atoms with Gasteiger partial charge in [-0.05, 0) is 36.2 Å². The molecule has 1 N–H and O–H groups in total. The smallest absolute Gasteiger partial charge is 0.313 e. The number of esters is 1. The van der Waals surface area contributed by atoms with Gasteiger partial charge in [0, 0.05) is 11.1 Å². The minimum Gasteiger partial charge on any atom is -0.495 e. The Balaban J connectivity index is 1.57. The van der Waals surface area contributed by atoms with Gasteiger partial charge in [-0.15, -0.1) is 0 Å². The molecule has 0 spiro atoms. The summed E-state index contributed by atoms with van der Waals surface area (Å²) in [5, 5.41) is 3.47. The molecule has 3 rings (SSSR count). The van der Waals surface area contributed by atoms with E-state index in [4.69, 9.17) is 42.1 Å². The summed E-state index contributed by atoms with van der Waals surface area (Å²) in [6.07, 6.45) is 0.429. The first-order chi connectivity index (χ1) is 13.9. The SMILES string of the molecule is COc1cc(OC)c(NC(=O)COC(=O)C2COc3ccc(Cl)cc3C2)cc1Cl. The van der Waals surface area contributed by atoms with Gasteiger partial charge in [0.25, 0.3) is 5.91 Å². The average Bonchev–Trinajstić information content (AvgIpc) is 2.71.